The van der Waals surface area contributed by atoms with Gasteiger partial charge in [-0.2, -0.15) is 0 Å². The number of nitrogens with zero attached hydrogens (tertiary/aromatic N) is 2. The largest absolute Gasteiger partial charge is 0.369 e. The van der Waals surface area contributed by atoms with Crippen molar-refractivity contribution in [3.63, 3.8) is 0 Å². The van der Waals surface area contributed by atoms with Crippen molar-refractivity contribution in [1.82, 2.24) is 4.90 Å². The van der Waals surface area contributed by atoms with Crippen LogP contribution in [0.3, 0.4) is 0 Å². The van der Waals surface area contributed by atoms with Gasteiger partial charge < -0.3 is 14.4 Å². The average Bonchev–Trinajstić information content (AvgIpc) is 3.21. The molecule has 160 valence electrons. The van der Waals surface area contributed by atoms with Crippen LogP contribution in [0.25, 0.3) is 0 Å². The van der Waals surface area contributed by atoms with Crippen LogP contribution in [0.2, 0.25) is 0 Å². The van der Waals surface area contributed by atoms with Crippen molar-refractivity contribution < 1.29 is 14.3 Å². The fraction of sp³-hybridized carbons (Fsp3) is 0.708. The van der Waals surface area contributed by atoms with E-state index in [0.29, 0.717) is 0 Å². The summed E-state index contributed by atoms with van der Waals surface area (Å²) >= 11 is 0. The molecular weight excluding hydrogens is 364 g/mol. The molecule has 3 fully saturated rings. The Hall–Kier alpha value is -1.43. The smallest absolute Gasteiger partial charge is 0.168 e. The molecular formula is C24H36N2O3. The van der Waals surface area contributed by atoms with Gasteiger partial charge in [0.05, 0.1) is 13.2 Å². The number of hydrogen-bond acceptors (Lipinski definition) is 5. The zero-order chi connectivity index (χ0) is 20.3. The van der Waals surface area contributed by atoms with E-state index in [4.69, 9.17) is 9.47 Å². The molecule has 29 heavy (non-hydrogen) atoms. The molecule has 1 aliphatic carbocycles. The quantitative estimate of drug-likeness (QED) is 0.676. The van der Waals surface area contributed by atoms with Crippen molar-refractivity contribution in [2.45, 2.75) is 51.7 Å². The van der Waals surface area contributed by atoms with E-state index in [-0.39, 0.29) is 17.5 Å². The van der Waals surface area contributed by atoms with Gasteiger partial charge in [-0.05, 0) is 43.9 Å². The van der Waals surface area contributed by atoms with Gasteiger partial charge in [-0.15, -0.1) is 0 Å². The Kier molecular flexibility index (Phi) is 6.57. The van der Waals surface area contributed by atoms with Gasteiger partial charge in [-0.3, -0.25) is 9.69 Å². The number of Topliss-reactive ketones (excluding diaryl/α,β-unsaturated/α-hetero) is 1. The van der Waals surface area contributed by atoms with Gasteiger partial charge in [0.15, 0.2) is 11.6 Å². The number of carbonyl (C=O) groups is 1. The molecule has 3 aliphatic rings. The highest BCUT2D eigenvalue weighted by molar-refractivity contribution is 5.98. The summed E-state index contributed by atoms with van der Waals surface area (Å²) in [4.78, 5) is 17.3. The second-order valence-electron chi connectivity index (χ2n) is 9.24. The molecule has 0 atom stereocenters. The minimum atomic E-state index is -0.229. The second-order valence-corrected chi connectivity index (χ2v) is 9.24. The molecule has 5 nitrogen and oxygen atoms in total. The van der Waals surface area contributed by atoms with Gasteiger partial charge in [0, 0.05) is 56.2 Å². The van der Waals surface area contributed by atoms with E-state index < -0.39 is 0 Å². The Labute approximate surface area is 175 Å². The summed E-state index contributed by atoms with van der Waals surface area (Å²) in [5.41, 5.74) is 2.02. The summed E-state index contributed by atoms with van der Waals surface area (Å²) in [6.07, 6.45) is 5.88. The fourth-order valence-electron chi connectivity index (χ4n) is 4.98. The maximum atomic E-state index is 12.3. The normalized spacial score (nSPS) is 23.2. The minimum absolute atomic E-state index is 0.0450. The lowest BCUT2D eigenvalue weighted by Gasteiger charge is -2.38. The van der Waals surface area contributed by atoms with Crippen molar-refractivity contribution >= 4 is 11.5 Å². The highest BCUT2D eigenvalue weighted by atomic mass is 16.7. The van der Waals surface area contributed by atoms with E-state index in [1.807, 2.05) is 26.0 Å². The minimum Gasteiger partial charge on any atom is -0.369 e. The van der Waals surface area contributed by atoms with E-state index in [2.05, 4.69) is 21.9 Å². The lowest BCUT2D eigenvalue weighted by molar-refractivity contribution is -0.182. The number of rotatable bonds is 6. The highest BCUT2D eigenvalue weighted by Gasteiger charge is 2.40. The summed E-state index contributed by atoms with van der Waals surface area (Å²) in [5.74, 6) is 0.857. The Balaban J connectivity index is 1.21. The lowest BCUT2D eigenvalue weighted by Crippen LogP contribution is -2.47. The third-order valence-electron chi connectivity index (χ3n) is 6.93. The van der Waals surface area contributed by atoms with Crippen molar-refractivity contribution in [3.8, 4) is 0 Å². The van der Waals surface area contributed by atoms with Crippen LogP contribution in [0.15, 0.2) is 24.3 Å². The van der Waals surface area contributed by atoms with Crippen LogP contribution in [0.5, 0.6) is 0 Å². The number of hydrogen-bond donors (Lipinski definition) is 0. The maximum absolute atomic E-state index is 12.3. The number of ether oxygens (including phenoxy) is 2. The summed E-state index contributed by atoms with van der Waals surface area (Å²) in [6.45, 7) is 10.9. The first kappa shape index (κ1) is 20.8. The van der Waals surface area contributed by atoms with Gasteiger partial charge in [0.2, 0.25) is 0 Å². The molecule has 0 aromatic heterocycles. The van der Waals surface area contributed by atoms with Gasteiger partial charge >= 0.3 is 0 Å². The maximum Gasteiger partial charge on any atom is 0.168 e. The summed E-state index contributed by atoms with van der Waals surface area (Å²) < 4.78 is 11.7. The Morgan fingerprint density at radius 1 is 1.10 bits per heavy atom. The first-order valence-corrected chi connectivity index (χ1v) is 11.4. The molecule has 1 saturated carbocycles. The van der Waals surface area contributed by atoms with Gasteiger partial charge in [0.1, 0.15) is 0 Å². The van der Waals surface area contributed by atoms with Crippen LogP contribution >= 0.6 is 0 Å². The van der Waals surface area contributed by atoms with E-state index in [9.17, 15) is 4.79 Å². The SMILES string of the molecule is CC(C)C(=O)c1cccc(N2CCN(CCC3CCC4(CC3)OCCO4)CC2)c1. The van der Waals surface area contributed by atoms with Crippen LogP contribution in [0, 0.1) is 11.8 Å². The molecule has 2 aliphatic heterocycles. The fourth-order valence-corrected chi connectivity index (χ4v) is 4.98. The summed E-state index contributed by atoms with van der Waals surface area (Å²) in [6, 6.07) is 8.17. The molecule has 0 radical (unpaired) electrons. The van der Waals surface area contributed by atoms with E-state index >= 15 is 0 Å². The molecule has 4 rings (SSSR count). The molecule has 0 amide bonds. The molecule has 1 aromatic carbocycles. The lowest BCUT2D eigenvalue weighted by atomic mass is 9.83. The van der Waals surface area contributed by atoms with Gasteiger partial charge in [-0.1, -0.05) is 26.0 Å². The number of benzene rings is 1. The molecule has 1 aromatic rings. The Bertz CT molecular complexity index is 681. The molecule has 5 heteroatoms. The van der Waals surface area contributed by atoms with Crippen LogP contribution in [0.1, 0.15) is 56.3 Å². The van der Waals surface area contributed by atoms with Crippen molar-refractivity contribution in [3.05, 3.63) is 29.8 Å². The summed E-state index contributed by atoms with van der Waals surface area (Å²) in [7, 11) is 0. The van der Waals surface area contributed by atoms with Crippen LogP contribution < -0.4 is 4.90 Å². The van der Waals surface area contributed by atoms with Crippen LogP contribution in [0.4, 0.5) is 5.69 Å². The molecule has 0 unspecified atom stereocenters. The first-order valence-electron chi connectivity index (χ1n) is 11.4. The Morgan fingerprint density at radius 3 is 2.45 bits per heavy atom. The van der Waals surface area contributed by atoms with Crippen LogP contribution in [-0.2, 0) is 9.47 Å². The molecule has 1 spiro atoms. The monoisotopic (exact) mass is 400 g/mol. The highest BCUT2D eigenvalue weighted by Crippen LogP contribution is 2.39. The van der Waals surface area contributed by atoms with Crippen molar-refractivity contribution in [2.75, 3.05) is 50.8 Å². The van der Waals surface area contributed by atoms with E-state index in [1.165, 1.54) is 31.5 Å². The molecule has 0 N–H and O–H groups in total. The third-order valence-corrected chi connectivity index (χ3v) is 6.93. The van der Waals surface area contributed by atoms with E-state index in [1.54, 1.807) is 0 Å². The topological polar surface area (TPSA) is 42.0 Å². The molecule has 2 heterocycles. The third kappa shape index (κ3) is 5.01. The van der Waals surface area contributed by atoms with Crippen LogP contribution in [-0.4, -0.2) is 62.4 Å². The number of carbonyl (C=O) groups excluding carboxylic acids is 1. The predicted molar refractivity (Wildman–Crippen MR) is 115 cm³/mol. The average molecular weight is 401 g/mol. The van der Waals surface area contributed by atoms with Crippen molar-refractivity contribution in [2.24, 2.45) is 11.8 Å². The standard InChI is InChI=1S/C24H36N2O3/c1-19(2)23(27)21-4-3-5-22(18-21)26-14-12-25(13-15-26)11-8-20-6-9-24(10-7-20)28-16-17-29-24/h3-5,18-20H,6-17H2,1-2H3. The van der Waals surface area contributed by atoms with Crippen molar-refractivity contribution in [1.29, 1.82) is 0 Å². The number of piperazine rings is 1. The molecule has 2 saturated heterocycles. The second kappa shape index (κ2) is 9.15. The van der Waals surface area contributed by atoms with Gasteiger partial charge in [0.25, 0.3) is 0 Å². The zero-order valence-corrected chi connectivity index (χ0v) is 18.1. The first-order chi connectivity index (χ1) is 14.0. The zero-order valence-electron chi connectivity index (χ0n) is 18.1. The predicted octanol–water partition coefficient (Wildman–Crippen LogP) is 3.97. The summed E-state index contributed by atoms with van der Waals surface area (Å²) in [5, 5.41) is 0. The molecule has 0 bridgehead atoms. The Morgan fingerprint density at radius 2 is 1.79 bits per heavy atom. The van der Waals surface area contributed by atoms with E-state index in [0.717, 1.165) is 63.7 Å². The van der Waals surface area contributed by atoms with Gasteiger partial charge in [-0.25, -0.2) is 0 Å². The number of ketones is 1. The number of anilines is 1.